The molecule has 0 amide bonds. The summed E-state index contributed by atoms with van der Waals surface area (Å²) in [6.45, 7) is 0. The molecule has 0 atom stereocenters. The third kappa shape index (κ3) is 3.25. The van der Waals surface area contributed by atoms with Crippen LogP contribution in [-0.2, 0) is 4.74 Å². The molecule has 1 N–H and O–H groups in total. The van der Waals surface area contributed by atoms with Crippen molar-refractivity contribution in [2.75, 3.05) is 12.4 Å². The highest BCUT2D eigenvalue weighted by molar-refractivity contribution is 9.10. The van der Waals surface area contributed by atoms with E-state index in [1.807, 2.05) is 0 Å². The maximum absolute atomic E-state index is 13.0. The van der Waals surface area contributed by atoms with E-state index in [1.165, 1.54) is 31.6 Å². The van der Waals surface area contributed by atoms with Crippen LogP contribution in [0.3, 0.4) is 0 Å². The molecule has 1 heterocycles. The Hall–Kier alpha value is -2.02. The van der Waals surface area contributed by atoms with Crippen molar-refractivity contribution in [1.82, 2.24) is 9.97 Å². The van der Waals surface area contributed by atoms with Crippen LogP contribution in [0.2, 0.25) is 0 Å². The second-order valence-electron chi connectivity index (χ2n) is 3.53. The van der Waals surface area contributed by atoms with Gasteiger partial charge in [0.1, 0.15) is 11.6 Å². The van der Waals surface area contributed by atoms with E-state index in [0.717, 1.165) is 0 Å². The van der Waals surface area contributed by atoms with Crippen molar-refractivity contribution >= 4 is 33.4 Å². The number of hydrogen-bond acceptors (Lipinski definition) is 5. The van der Waals surface area contributed by atoms with E-state index in [4.69, 9.17) is 0 Å². The largest absolute Gasteiger partial charge is 0.464 e. The summed E-state index contributed by atoms with van der Waals surface area (Å²) in [5, 5.41) is 2.92. The SMILES string of the molecule is COC(=O)c1cncc(Nc2ccc(F)cc2Br)n1. The summed E-state index contributed by atoms with van der Waals surface area (Å²) in [5.74, 6) is -0.573. The first kappa shape index (κ1) is 13.4. The van der Waals surface area contributed by atoms with Crippen molar-refractivity contribution in [3.05, 3.63) is 46.6 Å². The Balaban J connectivity index is 2.26. The van der Waals surface area contributed by atoms with Gasteiger partial charge in [0.25, 0.3) is 0 Å². The van der Waals surface area contributed by atoms with Gasteiger partial charge in [-0.2, -0.15) is 0 Å². The molecular formula is C12H9BrFN3O2. The van der Waals surface area contributed by atoms with Crippen LogP contribution >= 0.6 is 15.9 Å². The van der Waals surface area contributed by atoms with E-state index in [9.17, 15) is 9.18 Å². The molecule has 0 radical (unpaired) electrons. The van der Waals surface area contributed by atoms with Gasteiger partial charge in [0, 0.05) is 4.47 Å². The lowest BCUT2D eigenvalue weighted by atomic mass is 10.3. The molecule has 0 aliphatic rings. The van der Waals surface area contributed by atoms with Crippen LogP contribution in [-0.4, -0.2) is 23.0 Å². The predicted octanol–water partition coefficient (Wildman–Crippen LogP) is 2.91. The molecule has 0 bridgehead atoms. The van der Waals surface area contributed by atoms with Crippen LogP contribution in [0.15, 0.2) is 35.1 Å². The Morgan fingerprint density at radius 2 is 2.21 bits per heavy atom. The maximum atomic E-state index is 13.0. The number of carbonyl (C=O) groups excluding carboxylic acids is 1. The number of anilines is 2. The van der Waals surface area contributed by atoms with Gasteiger partial charge in [-0.1, -0.05) is 0 Å². The monoisotopic (exact) mass is 325 g/mol. The number of halogens is 2. The van der Waals surface area contributed by atoms with Crippen molar-refractivity contribution in [2.45, 2.75) is 0 Å². The second-order valence-corrected chi connectivity index (χ2v) is 4.38. The summed E-state index contributed by atoms with van der Waals surface area (Å²) >= 11 is 3.22. The van der Waals surface area contributed by atoms with E-state index < -0.39 is 5.97 Å². The third-order valence-corrected chi connectivity index (χ3v) is 2.88. The van der Waals surface area contributed by atoms with Crippen LogP contribution in [0.1, 0.15) is 10.5 Å². The van der Waals surface area contributed by atoms with Crippen molar-refractivity contribution < 1.29 is 13.9 Å². The maximum Gasteiger partial charge on any atom is 0.358 e. The van der Waals surface area contributed by atoms with E-state index in [0.29, 0.717) is 16.0 Å². The van der Waals surface area contributed by atoms with Gasteiger partial charge in [-0.05, 0) is 34.1 Å². The van der Waals surface area contributed by atoms with Crippen LogP contribution < -0.4 is 5.32 Å². The number of carbonyl (C=O) groups is 1. The zero-order valence-electron chi connectivity index (χ0n) is 9.85. The first-order chi connectivity index (χ1) is 9.10. The van der Waals surface area contributed by atoms with Gasteiger partial charge in [0.15, 0.2) is 5.69 Å². The van der Waals surface area contributed by atoms with E-state index >= 15 is 0 Å². The van der Waals surface area contributed by atoms with Gasteiger partial charge >= 0.3 is 5.97 Å². The van der Waals surface area contributed by atoms with Gasteiger partial charge in [-0.25, -0.2) is 14.2 Å². The molecule has 0 saturated carbocycles. The number of esters is 1. The van der Waals surface area contributed by atoms with E-state index in [-0.39, 0.29) is 11.5 Å². The molecule has 0 aliphatic heterocycles. The lowest BCUT2D eigenvalue weighted by molar-refractivity contribution is 0.0593. The Labute approximate surface area is 117 Å². The Bertz CT molecular complexity index is 622. The molecule has 0 saturated heterocycles. The quantitative estimate of drug-likeness (QED) is 0.879. The topological polar surface area (TPSA) is 64.1 Å². The zero-order valence-corrected chi connectivity index (χ0v) is 11.4. The highest BCUT2D eigenvalue weighted by Crippen LogP contribution is 2.25. The number of benzene rings is 1. The van der Waals surface area contributed by atoms with Crippen molar-refractivity contribution in [3.63, 3.8) is 0 Å². The molecule has 7 heteroatoms. The first-order valence-corrected chi connectivity index (χ1v) is 6.02. The summed E-state index contributed by atoms with van der Waals surface area (Å²) < 4.78 is 18.0. The molecule has 98 valence electrons. The highest BCUT2D eigenvalue weighted by atomic mass is 79.9. The number of methoxy groups -OCH3 is 1. The lowest BCUT2D eigenvalue weighted by Crippen LogP contribution is -2.06. The fourth-order valence-electron chi connectivity index (χ4n) is 1.36. The standard InChI is InChI=1S/C12H9BrFN3O2/c1-19-12(18)10-5-15-6-11(17-10)16-9-3-2-7(14)4-8(9)13/h2-6H,1H3,(H,16,17). The Kier molecular flexibility index (Phi) is 4.06. The summed E-state index contributed by atoms with van der Waals surface area (Å²) in [6.07, 6.45) is 2.75. The number of aromatic nitrogens is 2. The number of rotatable bonds is 3. The second kappa shape index (κ2) is 5.75. The molecule has 1 aromatic heterocycles. The van der Waals surface area contributed by atoms with Gasteiger partial charge < -0.3 is 10.1 Å². The number of nitrogens with one attached hydrogen (secondary N) is 1. The summed E-state index contributed by atoms with van der Waals surface area (Å²) in [6, 6.07) is 4.18. The fourth-order valence-corrected chi connectivity index (χ4v) is 1.81. The smallest absolute Gasteiger partial charge is 0.358 e. The molecule has 0 fully saturated rings. The van der Waals surface area contributed by atoms with Crippen molar-refractivity contribution in [1.29, 1.82) is 0 Å². The van der Waals surface area contributed by atoms with E-state index in [2.05, 4.69) is 36.0 Å². The number of hydrogen-bond donors (Lipinski definition) is 1. The minimum absolute atomic E-state index is 0.0886. The molecule has 0 unspecified atom stereocenters. The van der Waals surface area contributed by atoms with Gasteiger partial charge in [0.2, 0.25) is 0 Å². The summed E-state index contributed by atoms with van der Waals surface area (Å²) in [7, 11) is 1.26. The third-order valence-electron chi connectivity index (χ3n) is 2.22. The van der Waals surface area contributed by atoms with E-state index in [1.54, 1.807) is 6.07 Å². The Morgan fingerprint density at radius 3 is 2.89 bits per heavy atom. The molecule has 2 rings (SSSR count). The predicted molar refractivity (Wildman–Crippen MR) is 70.8 cm³/mol. The van der Waals surface area contributed by atoms with Gasteiger partial charge in [0.05, 0.1) is 25.2 Å². The molecule has 0 spiro atoms. The molecule has 1 aromatic carbocycles. The van der Waals surface area contributed by atoms with Crippen LogP contribution in [0.4, 0.5) is 15.9 Å². The lowest BCUT2D eigenvalue weighted by Gasteiger charge is -2.08. The molecular weight excluding hydrogens is 317 g/mol. The van der Waals surface area contributed by atoms with Crippen molar-refractivity contribution in [3.8, 4) is 0 Å². The minimum atomic E-state index is -0.575. The number of nitrogens with zero attached hydrogens (tertiary/aromatic N) is 2. The minimum Gasteiger partial charge on any atom is -0.464 e. The fraction of sp³-hybridized carbons (Fsp3) is 0.0833. The Morgan fingerprint density at radius 1 is 1.42 bits per heavy atom. The van der Waals surface area contributed by atoms with Crippen molar-refractivity contribution in [2.24, 2.45) is 0 Å². The zero-order chi connectivity index (χ0) is 13.8. The molecule has 19 heavy (non-hydrogen) atoms. The molecule has 5 nitrogen and oxygen atoms in total. The van der Waals surface area contributed by atoms with Gasteiger partial charge in [-0.3, -0.25) is 4.98 Å². The highest BCUT2D eigenvalue weighted by Gasteiger charge is 2.09. The summed E-state index contributed by atoms with van der Waals surface area (Å²) in [5.41, 5.74) is 0.698. The normalized spacial score (nSPS) is 10.1. The van der Waals surface area contributed by atoms with Crippen LogP contribution in [0, 0.1) is 5.82 Å². The van der Waals surface area contributed by atoms with Crippen LogP contribution in [0.25, 0.3) is 0 Å². The number of ether oxygens (including phenoxy) is 1. The average molecular weight is 326 g/mol. The molecule has 2 aromatic rings. The molecule has 0 aliphatic carbocycles. The average Bonchev–Trinajstić information content (AvgIpc) is 2.41. The van der Waals surface area contributed by atoms with Gasteiger partial charge in [-0.15, -0.1) is 0 Å². The summed E-state index contributed by atoms with van der Waals surface area (Å²) in [4.78, 5) is 19.2. The first-order valence-electron chi connectivity index (χ1n) is 5.22. The van der Waals surface area contributed by atoms with Crippen LogP contribution in [0.5, 0.6) is 0 Å².